The molecule has 1 aromatic heterocycles. The lowest BCUT2D eigenvalue weighted by Crippen LogP contribution is -2.37. The van der Waals surface area contributed by atoms with Gasteiger partial charge in [0.05, 0.1) is 0 Å². The largest absolute Gasteiger partial charge is 0.337 e. The minimum Gasteiger partial charge on any atom is -0.337 e. The number of amides is 1. The number of nitrogens with zero attached hydrogens (tertiary/aromatic N) is 2. The van der Waals surface area contributed by atoms with Gasteiger partial charge in [-0.2, -0.15) is 0 Å². The minimum absolute atomic E-state index is 0. The first-order valence-corrected chi connectivity index (χ1v) is 8.02. The monoisotopic (exact) mass is 317 g/mol. The van der Waals surface area contributed by atoms with Gasteiger partial charge in [-0.25, -0.2) is 4.98 Å². The topological polar surface area (TPSA) is 59.2 Å². The number of halogens is 1. The van der Waals surface area contributed by atoms with Crippen LogP contribution in [0.4, 0.5) is 0 Å². The Morgan fingerprint density at radius 1 is 1.35 bits per heavy atom. The van der Waals surface area contributed by atoms with E-state index in [-0.39, 0.29) is 18.3 Å². The molecule has 6 heteroatoms. The molecule has 0 unspecified atom stereocenters. The smallest absolute Gasteiger partial charge is 0.273 e. The summed E-state index contributed by atoms with van der Waals surface area (Å²) in [6.07, 6.45) is 8.64. The van der Waals surface area contributed by atoms with Crippen LogP contribution in [-0.4, -0.2) is 28.9 Å². The molecule has 2 N–H and O–H groups in total. The fraction of sp³-hybridized carbons (Fsp3) is 0.714. The van der Waals surface area contributed by atoms with Gasteiger partial charge in [0.1, 0.15) is 10.7 Å². The van der Waals surface area contributed by atoms with Crippen LogP contribution in [-0.2, 0) is 6.54 Å². The molecule has 0 atom stereocenters. The maximum Gasteiger partial charge on any atom is 0.273 e. The zero-order chi connectivity index (χ0) is 13.7. The highest BCUT2D eigenvalue weighted by Crippen LogP contribution is 2.22. The Kier molecular flexibility index (Phi) is 7.48. The van der Waals surface area contributed by atoms with E-state index >= 15 is 0 Å². The number of nitrogens with two attached hydrogens (primary N) is 1. The summed E-state index contributed by atoms with van der Waals surface area (Å²) in [6, 6.07) is 0.371. The average molecular weight is 318 g/mol. The molecule has 1 saturated carbocycles. The molecule has 0 bridgehead atoms. The zero-order valence-electron chi connectivity index (χ0n) is 12.0. The molecule has 0 saturated heterocycles. The lowest BCUT2D eigenvalue weighted by Gasteiger charge is -2.29. The van der Waals surface area contributed by atoms with Gasteiger partial charge in [-0.05, 0) is 12.8 Å². The van der Waals surface area contributed by atoms with Crippen molar-refractivity contribution in [2.75, 3.05) is 7.05 Å². The summed E-state index contributed by atoms with van der Waals surface area (Å²) >= 11 is 1.47. The summed E-state index contributed by atoms with van der Waals surface area (Å²) in [5.41, 5.74) is 6.09. The van der Waals surface area contributed by atoms with E-state index in [2.05, 4.69) is 4.98 Å². The molecule has 114 valence electrons. The molecule has 1 aliphatic rings. The Morgan fingerprint density at radius 2 is 1.95 bits per heavy atom. The van der Waals surface area contributed by atoms with Crippen LogP contribution >= 0.6 is 23.7 Å². The fourth-order valence-electron chi connectivity index (χ4n) is 2.67. The molecule has 1 heterocycles. The van der Waals surface area contributed by atoms with E-state index in [9.17, 15) is 4.79 Å². The molecule has 1 fully saturated rings. The van der Waals surface area contributed by atoms with Gasteiger partial charge in [0.25, 0.3) is 5.91 Å². The number of carbonyl (C=O) groups is 1. The van der Waals surface area contributed by atoms with E-state index in [0.717, 1.165) is 17.8 Å². The third kappa shape index (κ3) is 4.43. The van der Waals surface area contributed by atoms with Crippen LogP contribution in [0.3, 0.4) is 0 Å². The van der Waals surface area contributed by atoms with E-state index < -0.39 is 0 Å². The third-order valence-electron chi connectivity index (χ3n) is 3.89. The van der Waals surface area contributed by atoms with Crippen molar-refractivity contribution < 1.29 is 4.79 Å². The van der Waals surface area contributed by atoms with Gasteiger partial charge >= 0.3 is 0 Å². The van der Waals surface area contributed by atoms with Gasteiger partial charge in [-0.1, -0.05) is 32.1 Å². The molecule has 0 spiro atoms. The molecule has 4 nitrogen and oxygen atoms in total. The summed E-state index contributed by atoms with van der Waals surface area (Å²) in [7, 11) is 1.91. The molecule has 0 aliphatic heterocycles. The van der Waals surface area contributed by atoms with Crippen LogP contribution in [0.5, 0.6) is 0 Å². The SMILES string of the molecule is CN(C(=O)c1csc(CN)n1)C1CCCCCCC1.Cl. The van der Waals surface area contributed by atoms with E-state index in [4.69, 9.17) is 5.73 Å². The quantitative estimate of drug-likeness (QED) is 0.931. The van der Waals surface area contributed by atoms with Crippen molar-refractivity contribution in [2.45, 2.75) is 57.5 Å². The summed E-state index contributed by atoms with van der Waals surface area (Å²) in [4.78, 5) is 18.6. The second-order valence-corrected chi connectivity index (χ2v) is 6.19. The minimum atomic E-state index is 0. The molecule has 1 aliphatic carbocycles. The summed E-state index contributed by atoms with van der Waals surface area (Å²) in [5, 5.41) is 2.65. The molecule has 1 amide bonds. The summed E-state index contributed by atoms with van der Waals surface area (Å²) in [5.74, 6) is 0.0431. The van der Waals surface area contributed by atoms with Crippen LogP contribution in [0.15, 0.2) is 5.38 Å². The number of thiazole rings is 1. The van der Waals surface area contributed by atoms with E-state index in [1.807, 2.05) is 17.3 Å². The van der Waals surface area contributed by atoms with Crippen molar-refractivity contribution in [1.82, 2.24) is 9.88 Å². The highest BCUT2D eigenvalue weighted by molar-refractivity contribution is 7.09. The Morgan fingerprint density at radius 3 is 2.50 bits per heavy atom. The number of carbonyl (C=O) groups excluding carboxylic acids is 1. The number of hydrogen-bond donors (Lipinski definition) is 1. The Hall–Kier alpha value is -0.650. The molecular weight excluding hydrogens is 294 g/mol. The molecule has 1 aromatic rings. The van der Waals surface area contributed by atoms with E-state index in [1.54, 1.807) is 0 Å². The van der Waals surface area contributed by atoms with Gasteiger partial charge in [0, 0.05) is 25.0 Å². The second-order valence-electron chi connectivity index (χ2n) is 5.25. The van der Waals surface area contributed by atoms with Gasteiger partial charge in [-0.15, -0.1) is 23.7 Å². The first-order chi connectivity index (χ1) is 9.22. The third-order valence-corrected chi connectivity index (χ3v) is 4.76. The molecular formula is C14H24ClN3OS. The zero-order valence-corrected chi connectivity index (χ0v) is 13.6. The number of rotatable bonds is 3. The molecule has 20 heavy (non-hydrogen) atoms. The first-order valence-electron chi connectivity index (χ1n) is 7.14. The first kappa shape index (κ1) is 17.4. The Labute approximate surface area is 131 Å². The van der Waals surface area contributed by atoms with Crippen LogP contribution in [0.2, 0.25) is 0 Å². The Bertz CT molecular complexity index is 416. The second kappa shape index (κ2) is 8.60. The normalized spacial score (nSPS) is 16.9. The maximum absolute atomic E-state index is 12.4. The predicted octanol–water partition coefficient (Wildman–Crippen LogP) is 3.21. The lowest BCUT2D eigenvalue weighted by atomic mass is 9.96. The van der Waals surface area contributed by atoms with Gasteiger partial charge in [0.2, 0.25) is 0 Å². The van der Waals surface area contributed by atoms with Crippen molar-refractivity contribution >= 4 is 29.7 Å². The average Bonchev–Trinajstić information content (AvgIpc) is 2.85. The fourth-order valence-corrected chi connectivity index (χ4v) is 3.32. The molecule has 0 aromatic carbocycles. The van der Waals surface area contributed by atoms with Crippen molar-refractivity contribution in [1.29, 1.82) is 0 Å². The van der Waals surface area contributed by atoms with Gasteiger partial charge < -0.3 is 10.6 Å². The summed E-state index contributed by atoms with van der Waals surface area (Å²) in [6.45, 7) is 0.408. The van der Waals surface area contributed by atoms with Crippen LogP contribution in [0.25, 0.3) is 0 Å². The Balaban J connectivity index is 0.00000200. The van der Waals surface area contributed by atoms with Crippen molar-refractivity contribution in [3.05, 3.63) is 16.1 Å². The van der Waals surface area contributed by atoms with E-state index in [0.29, 0.717) is 18.3 Å². The highest BCUT2D eigenvalue weighted by Gasteiger charge is 2.23. The van der Waals surface area contributed by atoms with Gasteiger partial charge in [-0.3, -0.25) is 4.79 Å². The highest BCUT2D eigenvalue weighted by atomic mass is 35.5. The lowest BCUT2D eigenvalue weighted by molar-refractivity contribution is 0.0701. The van der Waals surface area contributed by atoms with Crippen LogP contribution < -0.4 is 5.73 Å². The van der Waals surface area contributed by atoms with Crippen molar-refractivity contribution in [3.8, 4) is 0 Å². The maximum atomic E-state index is 12.4. The van der Waals surface area contributed by atoms with Crippen molar-refractivity contribution in [2.24, 2.45) is 5.73 Å². The van der Waals surface area contributed by atoms with Crippen LogP contribution in [0, 0.1) is 0 Å². The molecule has 0 radical (unpaired) electrons. The number of aromatic nitrogens is 1. The van der Waals surface area contributed by atoms with Crippen LogP contribution in [0.1, 0.15) is 60.4 Å². The van der Waals surface area contributed by atoms with Gasteiger partial charge in [0.15, 0.2) is 0 Å². The molecule has 2 rings (SSSR count). The predicted molar refractivity (Wildman–Crippen MR) is 85.5 cm³/mol. The van der Waals surface area contributed by atoms with Crippen molar-refractivity contribution in [3.63, 3.8) is 0 Å². The van der Waals surface area contributed by atoms with E-state index in [1.165, 1.54) is 43.4 Å². The standard InChI is InChI=1S/C14H23N3OS.ClH/c1-17(11-7-5-3-2-4-6-8-11)14(18)12-10-19-13(9-15)16-12;/h10-11H,2-9,15H2,1H3;1H. The summed E-state index contributed by atoms with van der Waals surface area (Å²) < 4.78 is 0. The number of hydrogen-bond acceptors (Lipinski definition) is 4.